The van der Waals surface area contributed by atoms with E-state index in [1.54, 1.807) is 30.5 Å². The van der Waals surface area contributed by atoms with Crippen molar-refractivity contribution in [2.75, 3.05) is 0 Å². The highest BCUT2D eigenvalue weighted by Crippen LogP contribution is 2.55. The van der Waals surface area contributed by atoms with E-state index >= 15 is 0 Å². The molecule has 4 nitrogen and oxygen atoms in total. The van der Waals surface area contributed by atoms with Crippen LogP contribution in [-0.2, 0) is 11.2 Å². The van der Waals surface area contributed by atoms with Crippen LogP contribution >= 0.6 is 0 Å². The fourth-order valence-corrected chi connectivity index (χ4v) is 6.05. The van der Waals surface area contributed by atoms with Gasteiger partial charge < -0.3 is 5.73 Å². The number of hydrogen-bond acceptors (Lipinski definition) is 4. The molecule has 5 rings (SSSR count). The van der Waals surface area contributed by atoms with E-state index < -0.39 is 5.54 Å². The lowest BCUT2D eigenvalue weighted by Crippen LogP contribution is -2.51. The molecule has 3 unspecified atom stereocenters. The van der Waals surface area contributed by atoms with Crippen LogP contribution < -0.4 is 5.73 Å². The van der Waals surface area contributed by atoms with Crippen LogP contribution in [-0.4, -0.2) is 21.3 Å². The number of aromatic nitrogens is 2. The van der Waals surface area contributed by atoms with Gasteiger partial charge >= 0.3 is 0 Å². The fourth-order valence-electron chi connectivity index (χ4n) is 6.05. The van der Waals surface area contributed by atoms with Crippen molar-refractivity contribution in [2.45, 2.75) is 50.5 Å². The van der Waals surface area contributed by atoms with E-state index in [0.717, 1.165) is 36.6 Å². The van der Waals surface area contributed by atoms with Gasteiger partial charge in [0, 0.05) is 29.0 Å². The number of carbonyl (C=O) groups excluding carboxylic acids is 1. The quantitative estimate of drug-likeness (QED) is 0.578. The first-order valence-electron chi connectivity index (χ1n) is 11.6. The molecule has 0 aliphatic heterocycles. The molecule has 2 fully saturated rings. The molecule has 1 aromatic carbocycles. The number of nitrogens with zero attached hydrogens (tertiary/aromatic N) is 2. The second-order valence-electron chi connectivity index (χ2n) is 9.98. The Balaban J connectivity index is 1.27. The maximum Gasteiger partial charge on any atom is 0.158 e. The number of halogens is 1. The molecule has 168 valence electrons. The van der Waals surface area contributed by atoms with Gasteiger partial charge in [0.25, 0.3) is 0 Å². The normalized spacial score (nSPS) is 26.0. The van der Waals surface area contributed by atoms with Crippen molar-refractivity contribution in [1.29, 1.82) is 0 Å². The number of terminal acetylenes is 1. The number of hydrogen-bond donors (Lipinski definition) is 1. The third kappa shape index (κ3) is 4.05. The van der Waals surface area contributed by atoms with E-state index in [-0.39, 0.29) is 23.9 Å². The Morgan fingerprint density at radius 1 is 1.15 bits per heavy atom. The van der Waals surface area contributed by atoms with Gasteiger partial charge in [-0.3, -0.25) is 14.8 Å². The summed E-state index contributed by atoms with van der Waals surface area (Å²) in [6, 6.07) is 10.5. The molecule has 5 heteroatoms. The molecule has 5 atom stereocenters. The zero-order valence-corrected chi connectivity index (χ0v) is 18.8. The van der Waals surface area contributed by atoms with Gasteiger partial charge in [-0.25, -0.2) is 4.39 Å². The van der Waals surface area contributed by atoms with Crippen LogP contribution in [0.2, 0.25) is 0 Å². The van der Waals surface area contributed by atoms with E-state index in [1.807, 2.05) is 19.2 Å². The number of nitrogens with two attached hydrogens (primary N) is 1. The summed E-state index contributed by atoms with van der Waals surface area (Å²) in [5.41, 5.74) is 9.21. The second-order valence-corrected chi connectivity index (χ2v) is 9.98. The molecule has 2 aliphatic carbocycles. The van der Waals surface area contributed by atoms with E-state index in [4.69, 9.17) is 12.2 Å². The third-order valence-electron chi connectivity index (χ3n) is 7.97. The maximum atomic E-state index is 13.9. The molecule has 0 saturated heterocycles. The molecule has 2 N–H and O–H groups in total. The number of benzene rings is 1. The highest BCUT2D eigenvalue weighted by atomic mass is 19.1. The highest BCUT2D eigenvalue weighted by Gasteiger charge is 2.49. The largest absolute Gasteiger partial charge is 0.319 e. The van der Waals surface area contributed by atoms with Gasteiger partial charge in [0.15, 0.2) is 5.78 Å². The molecule has 3 aromatic rings. The van der Waals surface area contributed by atoms with Gasteiger partial charge in [-0.1, -0.05) is 5.92 Å². The molecule has 0 radical (unpaired) electrons. The minimum absolute atomic E-state index is 0.0283. The second kappa shape index (κ2) is 8.35. The lowest BCUT2D eigenvalue weighted by molar-refractivity contribution is -0.124. The molecule has 2 aromatic heterocycles. The van der Waals surface area contributed by atoms with E-state index in [9.17, 15) is 9.18 Å². The number of ketones is 1. The SMILES string of the molecule is C#Cc1ccc(CC(=O)C(C)(N)C2C[C@H]3CC(c4ccnc5ccc(F)cc45)C[C@H]3C2)nc1. The van der Waals surface area contributed by atoms with Crippen molar-refractivity contribution in [2.24, 2.45) is 23.5 Å². The van der Waals surface area contributed by atoms with Crippen LogP contribution in [0.5, 0.6) is 0 Å². The summed E-state index contributed by atoms with van der Waals surface area (Å²) in [7, 11) is 0. The van der Waals surface area contributed by atoms with Crippen molar-refractivity contribution >= 4 is 16.7 Å². The summed E-state index contributed by atoms with van der Waals surface area (Å²) >= 11 is 0. The van der Waals surface area contributed by atoms with Crippen LogP contribution in [0.4, 0.5) is 4.39 Å². The lowest BCUT2D eigenvalue weighted by atomic mass is 9.78. The van der Waals surface area contributed by atoms with Crippen LogP contribution in [0.25, 0.3) is 10.9 Å². The van der Waals surface area contributed by atoms with Gasteiger partial charge in [0.1, 0.15) is 5.82 Å². The first kappa shape index (κ1) is 21.7. The predicted molar refractivity (Wildman–Crippen MR) is 127 cm³/mol. The van der Waals surface area contributed by atoms with Crippen LogP contribution in [0.3, 0.4) is 0 Å². The van der Waals surface area contributed by atoms with Gasteiger partial charge in [-0.15, -0.1) is 6.42 Å². The summed E-state index contributed by atoms with van der Waals surface area (Å²) in [6.07, 6.45) is 13.1. The summed E-state index contributed by atoms with van der Waals surface area (Å²) in [6.45, 7) is 1.88. The number of pyridine rings is 2. The Hall–Kier alpha value is -3.10. The smallest absolute Gasteiger partial charge is 0.158 e. The summed E-state index contributed by atoms with van der Waals surface area (Å²) < 4.78 is 13.9. The molecule has 2 aliphatic rings. The Morgan fingerprint density at radius 3 is 2.58 bits per heavy atom. The van der Waals surface area contributed by atoms with Crippen LogP contribution in [0, 0.1) is 35.9 Å². The Labute approximate surface area is 193 Å². The molecule has 2 heterocycles. The van der Waals surface area contributed by atoms with Gasteiger partial charge in [0.05, 0.1) is 17.5 Å². The molecule has 0 spiro atoms. The topological polar surface area (TPSA) is 68.9 Å². The minimum atomic E-state index is -0.876. The Bertz CT molecular complexity index is 1230. The maximum absolute atomic E-state index is 13.9. The molecule has 33 heavy (non-hydrogen) atoms. The van der Waals surface area contributed by atoms with Crippen molar-refractivity contribution in [3.63, 3.8) is 0 Å². The lowest BCUT2D eigenvalue weighted by Gasteiger charge is -2.31. The van der Waals surface area contributed by atoms with Gasteiger partial charge in [0.2, 0.25) is 0 Å². The number of fused-ring (bicyclic) bond motifs is 2. The zero-order chi connectivity index (χ0) is 23.2. The summed E-state index contributed by atoms with van der Waals surface area (Å²) in [5.74, 6) is 3.98. The van der Waals surface area contributed by atoms with Gasteiger partial charge in [-0.2, -0.15) is 0 Å². The van der Waals surface area contributed by atoms with Crippen molar-refractivity contribution < 1.29 is 9.18 Å². The minimum Gasteiger partial charge on any atom is -0.319 e. The van der Waals surface area contributed by atoms with Crippen LogP contribution in [0.1, 0.15) is 55.3 Å². The predicted octanol–water partition coefficient (Wildman–Crippen LogP) is 4.80. The highest BCUT2D eigenvalue weighted by molar-refractivity contribution is 5.89. The third-order valence-corrected chi connectivity index (χ3v) is 7.97. The molecule has 0 bridgehead atoms. The fraction of sp³-hybridized carbons (Fsp3) is 0.393. The average Bonchev–Trinajstić information content (AvgIpc) is 3.39. The number of rotatable bonds is 5. The number of Topliss-reactive ketones (excluding diaryl/α,β-unsaturated/α-hetero) is 1. The molecular weight excluding hydrogens is 413 g/mol. The number of carbonyl (C=O) groups is 1. The Kier molecular flexibility index (Phi) is 5.50. The molecule has 2 saturated carbocycles. The monoisotopic (exact) mass is 441 g/mol. The van der Waals surface area contributed by atoms with Crippen LogP contribution in [0.15, 0.2) is 48.8 Å². The van der Waals surface area contributed by atoms with E-state index in [0.29, 0.717) is 29.0 Å². The van der Waals surface area contributed by atoms with Crippen molar-refractivity contribution in [3.05, 3.63) is 71.4 Å². The zero-order valence-electron chi connectivity index (χ0n) is 18.8. The van der Waals surface area contributed by atoms with Crippen molar-refractivity contribution in [3.8, 4) is 12.3 Å². The first-order valence-corrected chi connectivity index (χ1v) is 11.6. The summed E-state index contributed by atoms with van der Waals surface area (Å²) in [5, 5.41) is 0.918. The van der Waals surface area contributed by atoms with E-state index in [1.165, 1.54) is 11.6 Å². The first-order chi connectivity index (χ1) is 15.8. The average molecular weight is 442 g/mol. The van der Waals surface area contributed by atoms with Crippen molar-refractivity contribution in [1.82, 2.24) is 9.97 Å². The Morgan fingerprint density at radius 2 is 1.91 bits per heavy atom. The molecular formula is C28H28FN3O. The summed E-state index contributed by atoms with van der Waals surface area (Å²) in [4.78, 5) is 21.8. The van der Waals surface area contributed by atoms with Gasteiger partial charge in [-0.05, 0) is 98.2 Å². The molecule has 0 amide bonds. The standard InChI is InChI=1S/C28H28FN3O/c1-3-17-4-6-23(32-16-17)15-27(33)28(2,30)21-12-18-10-20(11-19(18)13-21)24-8-9-31-26-7-5-22(29)14-25(24)26/h1,4-9,14,16,18-21H,10-13,15,30H2,2H3/t18-,19+,20?,21?,28?. The van der Waals surface area contributed by atoms with E-state index in [2.05, 4.69) is 15.9 Å².